The molecule has 1 aliphatic heterocycles. The van der Waals surface area contributed by atoms with Crippen molar-refractivity contribution in [2.45, 2.75) is 19.4 Å². The maximum Gasteiger partial charge on any atom is 0.288 e. The van der Waals surface area contributed by atoms with Gasteiger partial charge in [-0.3, -0.25) is 9.78 Å². The zero-order chi connectivity index (χ0) is 21.4. The van der Waals surface area contributed by atoms with Crippen LogP contribution in [0.1, 0.15) is 18.2 Å². The third kappa shape index (κ3) is 5.47. The molecule has 0 bridgehead atoms. The Hall–Kier alpha value is -3.56. The van der Waals surface area contributed by atoms with Crippen LogP contribution in [0.5, 0.6) is 5.88 Å². The number of aromatic nitrogens is 2. The number of nitrogens with zero attached hydrogens (tertiary/aromatic N) is 3. The summed E-state index contributed by atoms with van der Waals surface area (Å²) in [6.45, 7) is 2.46. The molecule has 3 rings (SSSR count). The molecule has 0 saturated carbocycles. The summed E-state index contributed by atoms with van der Waals surface area (Å²) >= 11 is 0. The van der Waals surface area contributed by atoms with Gasteiger partial charge in [0.05, 0.1) is 25.2 Å². The van der Waals surface area contributed by atoms with Gasteiger partial charge in [0.25, 0.3) is 6.02 Å². The fourth-order valence-corrected chi connectivity index (χ4v) is 2.56. The third-order valence-electron chi connectivity index (χ3n) is 3.85. The molecule has 1 aliphatic rings. The summed E-state index contributed by atoms with van der Waals surface area (Å²) in [6, 6.07) is 3.57. The number of allylic oxidation sites excluding steroid dienone is 1. The molecule has 1 aromatic heterocycles. The van der Waals surface area contributed by atoms with E-state index in [0.717, 1.165) is 11.8 Å². The monoisotopic (exact) mass is 405 g/mol. The van der Waals surface area contributed by atoms with Gasteiger partial charge >= 0.3 is 0 Å². The maximum atomic E-state index is 14.0. The van der Waals surface area contributed by atoms with Crippen molar-refractivity contribution in [3.63, 3.8) is 0 Å². The molecular formula is C19H21F2N5O3. The molecule has 1 aromatic carbocycles. The van der Waals surface area contributed by atoms with Crippen LogP contribution in [0.2, 0.25) is 0 Å². The molecule has 0 unspecified atom stereocenters. The van der Waals surface area contributed by atoms with Crippen LogP contribution >= 0.6 is 0 Å². The Labute approximate surface area is 166 Å². The van der Waals surface area contributed by atoms with Crippen LogP contribution in [-0.2, 0) is 15.1 Å². The summed E-state index contributed by atoms with van der Waals surface area (Å²) < 4.78 is 37.4. The van der Waals surface area contributed by atoms with E-state index in [-0.39, 0.29) is 11.6 Å². The zero-order valence-corrected chi connectivity index (χ0v) is 16.1. The van der Waals surface area contributed by atoms with E-state index in [1.807, 2.05) is 6.92 Å². The summed E-state index contributed by atoms with van der Waals surface area (Å²) in [5, 5.41) is 2.38. The average Bonchev–Trinajstić information content (AvgIpc) is 2.70. The van der Waals surface area contributed by atoms with E-state index in [1.54, 1.807) is 26.4 Å². The van der Waals surface area contributed by atoms with Crippen molar-refractivity contribution in [1.29, 1.82) is 0 Å². The van der Waals surface area contributed by atoms with Crippen molar-refractivity contribution >= 4 is 18.1 Å². The topological polar surface area (TPSA) is 112 Å². The standard InChI is InChI=1S/C13H13F2N3O2.C6H8N2O/c1-8-5-13(6-14,18-12(16)20-8)10-4-9(17-7-19)2-3-11(10)15;1-5-3-8-6(9-2)4-7-5/h2-5,7H,6H2,1H3,(H2,16,18)(H,17,19);3-4H,1-2H3/t13-;/m1./s1. The number of hydrogen-bond donors (Lipinski definition) is 2. The Bertz CT molecular complexity index is 899. The number of carbonyl (C=O) groups excluding carboxylic acids is 1. The average molecular weight is 405 g/mol. The molecule has 1 atom stereocenters. The number of benzene rings is 1. The second-order valence-electron chi connectivity index (χ2n) is 6.02. The Morgan fingerprint density at radius 1 is 1.31 bits per heavy atom. The first-order chi connectivity index (χ1) is 13.8. The molecular weight excluding hydrogens is 384 g/mol. The molecule has 0 saturated heterocycles. The highest BCUT2D eigenvalue weighted by molar-refractivity contribution is 5.75. The lowest BCUT2D eigenvalue weighted by Gasteiger charge is -2.28. The van der Waals surface area contributed by atoms with E-state index in [0.29, 0.717) is 23.7 Å². The van der Waals surface area contributed by atoms with E-state index < -0.39 is 18.0 Å². The normalized spacial score (nSPS) is 17.7. The number of anilines is 1. The number of aryl methyl sites for hydroxylation is 1. The second kappa shape index (κ2) is 9.58. The summed E-state index contributed by atoms with van der Waals surface area (Å²) in [5.74, 6) is 0.227. The van der Waals surface area contributed by atoms with Crippen molar-refractivity contribution in [3.05, 3.63) is 59.5 Å². The molecule has 3 N–H and O–H groups in total. The van der Waals surface area contributed by atoms with Crippen LogP contribution < -0.4 is 15.8 Å². The predicted molar refractivity (Wildman–Crippen MR) is 104 cm³/mol. The summed E-state index contributed by atoms with van der Waals surface area (Å²) in [4.78, 5) is 22.2. The van der Waals surface area contributed by atoms with Crippen LogP contribution in [0.4, 0.5) is 14.5 Å². The minimum absolute atomic E-state index is 0.0301. The molecule has 10 heteroatoms. The fraction of sp³-hybridized carbons (Fsp3) is 0.263. The van der Waals surface area contributed by atoms with Gasteiger partial charge in [-0.2, -0.15) is 0 Å². The molecule has 0 fully saturated rings. The molecule has 2 heterocycles. The maximum absolute atomic E-state index is 14.0. The van der Waals surface area contributed by atoms with Gasteiger partial charge in [0, 0.05) is 11.3 Å². The quantitative estimate of drug-likeness (QED) is 0.740. The van der Waals surface area contributed by atoms with Crippen LogP contribution in [0.15, 0.2) is 47.4 Å². The van der Waals surface area contributed by atoms with Crippen LogP contribution in [-0.4, -0.2) is 36.2 Å². The Morgan fingerprint density at radius 2 is 2.07 bits per heavy atom. The molecule has 2 aromatic rings. The van der Waals surface area contributed by atoms with Crippen molar-refractivity contribution < 1.29 is 23.0 Å². The first-order valence-electron chi connectivity index (χ1n) is 8.45. The lowest BCUT2D eigenvalue weighted by Crippen LogP contribution is -2.34. The first kappa shape index (κ1) is 21.7. The fourth-order valence-electron chi connectivity index (χ4n) is 2.56. The minimum atomic E-state index is -1.59. The van der Waals surface area contributed by atoms with Crippen molar-refractivity contribution in [1.82, 2.24) is 9.97 Å². The van der Waals surface area contributed by atoms with Crippen LogP contribution in [0.25, 0.3) is 0 Å². The second-order valence-corrected chi connectivity index (χ2v) is 6.02. The predicted octanol–water partition coefficient (Wildman–Crippen LogP) is 2.60. The summed E-state index contributed by atoms with van der Waals surface area (Å²) in [6.07, 6.45) is 5.06. The van der Waals surface area contributed by atoms with Crippen molar-refractivity contribution in [3.8, 4) is 5.88 Å². The number of amides is 1. The minimum Gasteiger partial charge on any atom is -0.480 e. The van der Waals surface area contributed by atoms with Crippen LogP contribution in [0.3, 0.4) is 0 Å². The number of methoxy groups -OCH3 is 1. The van der Waals surface area contributed by atoms with Gasteiger partial charge in [-0.25, -0.2) is 18.8 Å². The van der Waals surface area contributed by atoms with Gasteiger partial charge in [0.2, 0.25) is 12.3 Å². The smallest absolute Gasteiger partial charge is 0.288 e. The molecule has 154 valence electrons. The molecule has 0 radical (unpaired) electrons. The van der Waals surface area contributed by atoms with E-state index in [4.69, 9.17) is 15.2 Å². The number of rotatable bonds is 5. The molecule has 29 heavy (non-hydrogen) atoms. The number of aliphatic imine (C=N–C) groups is 1. The van der Waals surface area contributed by atoms with Crippen molar-refractivity contribution in [2.24, 2.45) is 10.7 Å². The van der Waals surface area contributed by atoms with Gasteiger partial charge in [-0.1, -0.05) is 0 Å². The van der Waals surface area contributed by atoms with Gasteiger partial charge < -0.3 is 20.5 Å². The zero-order valence-electron chi connectivity index (χ0n) is 16.1. The highest BCUT2D eigenvalue weighted by atomic mass is 19.1. The number of hydrogen-bond acceptors (Lipinski definition) is 7. The van der Waals surface area contributed by atoms with Crippen molar-refractivity contribution in [2.75, 3.05) is 19.1 Å². The first-order valence-corrected chi connectivity index (χ1v) is 8.45. The largest absolute Gasteiger partial charge is 0.480 e. The Kier molecular flexibility index (Phi) is 7.18. The van der Waals surface area contributed by atoms with Gasteiger partial charge in [0.15, 0.2) is 0 Å². The number of amidine groups is 1. The SMILES string of the molecule is CC1=C[C@@](CF)(c2cc(NC=O)ccc2F)N=C(N)O1.COc1cnc(C)cn1. The van der Waals surface area contributed by atoms with E-state index in [1.165, 1.54) is 18.2 Å². The number of halogens is 2. The highest BCUT2D eigenvalue weighted by Gasteiger charge is 2.36. The number of nitrogens with one attached hydrogen (secondary N) is 1. The summed E-state index contributed by atoms with van der Waals surface area (Å²) in [5.41, 5.74) is 5.10. The number of nitrogens with two attached hydrogens (primary N) is 1. The molecule has 8 nitrogen and oxygen atoms in total. The Balaban J connectivity index is 0.000000278. The van der Waals surface area contributed by atoms with Crippen LogP contribution in [0, 0.1) is 12.7 Å². The molecule has 0 spiro atoms. The third-order valence-corrected chi connectivity index (χ3v) is 3.85. The van der Waals surface area contributed by atoms with Gasteiger partial charge in [-0.15, -0.1) is 0 Å². The lowest BCUT2D eigenvalue weighted by molar-refractivity contribution is -0.105. The highest BCUT2D eigenvalue weighted by Crippen LogP contribution is 2.35. The number of alkyl halides is 1. The van der Waals surface area contributed by atoms with Gasteiger partial charge in [0.1, 0.15) is 23.8 Å². The lowest BCUT2D eigenvalue weighted by atomic mass is 9.89. The number of carbonyl (C=O) groups is 1. The summed E-state index contributed by atoms with van der Waals surface area (Å²) in [7, 11) is 1.57. The Morgan fingerprint density at radius 3 is 2.62 bits per heavy atom. The van der Waals surface area contributed by atoms with E-state index in [9.17, 15) is 13.6 Å². The molecule has 0 aliphatic carbocycles. The van der Waals surface area contributed by atoms with Gasteiger partial charge in [-0.05, 0) is 38.1 Å². The number of ether oxygens (including phenoxy) is 2. The van der Waals surface area contributed by atoms with E-state index in [2.05, 4.69) is 20.3 Å². The molecule has 1 amide bonds. The van der Waals surface area contributed by atoms with E-state index >= 15 is 0 Å².